The Kier molecular flexibility index (Phi) is 8.87. The predicted molar refractivity (Wildman–Crippen MR) is 255 cm³/mol. The number of para-hydroxylation sites is 2. The molecule has 0 saturated heterocycles. The zero-order valence-electron chi connectivity index (χ0n) is 33.0. The van der Waals surface area contributed by atoms with Crippen LogP contribution in [-0.2, 0) is 0 Å². The largest absolute Gasteiger partial charge is 0.311 e. The molecule has 2 heteroatoms. The molecule has 0 bridgehead atoms. The Bertz CT molecular complexity index is 3240. The van der Waals surface area contributed by atoms with Gasteiger partial charge in [-0.2, -0.15) is 0 Å². The fraction of sp³-hybridized carbons (Fsp3) is 0. The number of benzene rings is 10. The number of rotatable bonds is 8. The number of fused-ring (bicyclic) bond motifs is 5. The van der Waals surface area contributed by atoms with E-state index in [2.05, 4.69) is 252 Å². The average Bonchev–Trinajstić information content (AvgIpc) is 3.67. The second-order valence-electron chi connectivity index (χ2n) is 15.3. The molecule has 0 N–H and O–H groups in total. The third-order valence-corrected chi connectivity index (χ3v) is 11.8. The van der Waals surface area contributed by atoms with Crippen LogP contribution < -0.4 is 4.90 Å². The molecule has 10 aromatic carbocycles. The molecule has 11 aromatic rings. The van der Waals surface area contributed by atoms with Crippen LogP contribution in [0, 0.1) is 0 Å². The van der Waals surface area contributed by atoms with E-state index in [-0.39, 0.29) is 0 Å². The highest BCUT2D eigenvalue weighted by Crippen LogP contribution is 2.42. The molecule has 1 aromatic heterocycles. The molecule has 0 unspecified atom stereocenters. The van der Waals surface area contributed by atoms with E-state index in [1.54, 1.807) is 0 Å². The van der Waals surface area contributed by atoms with Gasteiger partial charge < -0.3 is 9.47 Å². The van der Waals surface area contributed by atoms with Crippen LogP contribution in [0.2, 0.25) is 0 Å². The van der Waals surface area contributed by atoms with Gasteiger partial charge in [-0.05, 0) is 111 Å². The molecule has 0 saturated carbocycles. The zero-order valence-corrected chi connectivity index (χ0v) is 33.0. The lowest BCUT2D eigenvalue weighted by Gasteiger charge is -2.26. The lowest BCUT2D eigenvalue weighted by atomic mass is 9.95. The Morgan fingerprint density at radius 2 is 0.650 bits per heavy atom. The van der Waals surface area contributed by atoms with Crippen molar-refractivity contribution in [1.82, 2.24) is 4.57 Å². The van der Waals surface area contributed by atoms with Crippen molar-refractivity contribution in [3.8, 4) is 50.2 Å². The highest BCUT2D eigenvalue weighted by Gasteiger charge is 2.18. The van der Waals surface area contributed by atoms with Gasteiger partial charge in [0.15, 0.2) is 0 Å². The number of hydrogen-bond acceptors (Lipinski definition) is 1. The Balaban J connectivity index is 0.919. The minimum atomic E-state index is 1.11. The fourth-order valence-corrected chi connectivity index (χ4v) is 8.87. The summed E-state index contributed by atoms with van der Waals surface area (Å²) in [7, 11) is 0. The van der Waals surface area contributed by atoms with Gasteiger partial charge in [0, 0.05) is 38.9 Å². The summed E-state index contributed by atoms with van der Waals surface area (Å²) in [4.78, 5) is 2.32. The van der Waals surface area contributed by atoms with Crippen molar-refractivity contribution in [3.63, 3.8) is 0 Å². The summed E-state index contributed by atoms with van der Waals surface area (Å²) in [6, 6.07) is 87.6. The Morgan fingerprint density at radius 1 is 0.267 bits per heavy atom. The summed E-state index contributed by atoms with van der Waals surface area (Å²) < 4.78 is 2.44. The summed E-state index contributed by atoms with van der Waals surface area (Å²) in [6.07, 6.45) is 0. The van der Waals surface area contributed by atoms with Crippen LogP contribution in [0.1, 0.15) is 0 Å². The molecular formula is C58H40N2. The monoisotopic (exact) mass is 764 g/mol. The number of anilines is 3. The molecule has 282 valence electrons. The first-order valence-corrected chi connectivity index (χ1v) is 20.6. The van der Waals surface area contributed by atoms with Crippen molar-refractivity contribution in [2.75, 3.05) is 4.90 Å². The summed E-state index contributed by atoms with van der Waals surface area (Å²) in [5.74, 6) is 0. The smallest absolute Gasteiger partial charge is 0.0619 e. The predicted octanol–water partition coefficient (Wildman–Crippen LogP) is 16.1. The van der Waals surface area contributed by atoms with Crippen LogP contribution in [0.5, 0.6) is 0 Å². The van der Waals surface area contributed by atoms with E-state index in [1.807, 2.05) is 0 Å². The van der Waals surface area contributed by atoms with Crippen molar-refractivity contribution in [2.45, 2.75) is 0 Å². The van der Waals surface area contributed by atoms with Crippen molar-refractivity contribution in [2.24, 2.45) is 0 Å². The van der Waals surface area contributed by atoms with Gasteiger partial charge in [-0.1, -0.05) is 182 Å². The summed E-state index contributed by atoms with van der Waals surface area (Å²) in [6.45, 7) is 0. The molecule has 1 heterocycles. The maximum atomic E-state index is 2.44. The lowest BCUT2D eigenvalue weighted by Crippen LogP contribution is -2.09. The van der Waals surface area contributed by atoms with E-state index in [4.69, 9.17) is 0 Å². The topological polar surface area (TPSA) is 8.17 Å². The maximum Gasteiger partial charge on any atom is 0.0619 e. The van der Waals surface area contributed by atoms with Crippen LogP contribution in [0.4, 0.5) is 17.1 Å². The fourth-order valence-electron chi connectivity index (χ4n) is 8.87. The second-order valence-corrected chi connectivity index (χ2v) is 15.3. The first-order chi connectivity index (χ1) is 29.8. The molecule has 0 atom stereocenters. The highest BCUT2D eigenvalue weighted by atomic mass is 15.1. The summed E-state index contributed by atoms with van der Waals surface area (Å²) in [5, 5.41) is 5.02. The summed E-state index contributed by atoms with van der Waals surface area (Å²) >= 11 is 0. The second kappa shape index (κ2) is 15.1. The molecule has 0 radical (unpaired) electrons. The van der Waals surface area contributed by atoms with Gasteiger partial charge >= 0.3 is 0 Å². The number of hydrogen-bond donors (Lipinski definition) is 0. The van der Waals surface area contributed by atoms with Gasteiger partial charge in [-0.3, -0.25) is 0 Å². The van der Waals surface area contributed by atoms with Crippen LogP contribution in [0.3, 0.4) is 0 Å². The van der Waals surface area contributed by atoms with E-state index in [0.29, 0.717) is 0 Å². The van der Waals surface area contributed by atoms with Crippen molar-refractivity contribution < 1.29 is 0 Å². The van der Waals surface area contributed by atoms with Crippen molar-refractivity contribution in [1.29, 1.82) is 0 Å². The zero-order chi connectivity index (χ0) is 39.8. The average molecular weight is 765 g/mol. The first-order valence-electron chi connectivity index (χ1n) is 20.6. The van der Waals surface area contributed by atoms with Crippen molar-refractivity contribution >= 4 is 49.6 Å². The lowest BCUT2D eigenvalue weighted by molar-refractivity contribution is 1.19. The van der Waals surface area contributed by atoms with Gasteiger partial charge in [0.25, 0.3) is 0 Å². The quantitative estimate of drug-likeness (QED) is 0.150. The van der Waals surface area contributed by atoms with Crippen LogP contribution in [0.25, 0.3) is 82.8 Å². The van der Waals surface area contributed by atoms with Gasteiger partial charge in [-0.15, -0.1) is 0 Å². The molecule has 0 spiro atoms. The third kappa shape index (κ3) is 6.32. The number of aromatic nitrogens is 1. The Hall–Kier alpha value is -7.94. The molecule has 0 aliphatic heterocycles. The molecule has 11 rings (SSSR count). The standard InChI is InChI=1S/C58H40N2/c1-4-14-41(15-5-1)42-24-26-43(27-25-42)44-28-34-49(35-29-44)59(48-18-8-3-9-19-48)50-36-30-45(31-37-50)46-32-38-51(39-33-46)60-57-23-13-12-21-53(57)56-40-55(47-16-6-2-7-17-47)52-20-10-11-22-54(52)58(56)60/h1-40H. The van der Waals surface area contributed by atoms with Crippen LogP contribution in [-0.4, -0.2) is 4.57 Å². The van der Waals surface area contributed by atoms with Gasteiger partial charge in [0.2, 0.25) is 0 Å². The molecule has 0 amide bonds. The molecule has 60 heavy (non-hydrogen) atoms. The normalized spacial score (nSPS) is 11.3. The van der Waals surface area contributed by atoms with Crippen molar-refractivity contribution in [3.05, 3.63) is 243 Å². The van der Waals surface area contributed by atoms with E-state index in [1.165, 1.54) is 77.1 Å². The maximum absolute atomic E-state index is 2.44. The van der Waals surface area contributed by atoms with Gasteiger partial charge in [0.05, 0.1) is 11.0 Å². The van der Waals surface area contributed by atoms with E-state index >= 15 is 0 Å². The molecular weight excluding hydrogens is 725 g/mol. The summed E-state index contributed by atoms with van der Waals surface area (Å²) in [5.41, 5.74) is 16.6. The molecule has 0 aliphatic carbocycles. The van der Waals surface area contributed by atoms with Crippen LogP contribution >= 0.6 is 0 Å². The van der Waals surface area contributed by atoms with Gasteiger partial charge in [0.1, 0.15) is 0 Å². The first kappa shape index (κ1) is 35.2. The van der Waals surface area contributed by atoms with E-state index < -0.39 is 0 Å². The Morgan fingerprint density at radius 3 is 1.20 bits per heavy atom. The molecule has 0 aliphatic rings. The number of nitrogens with zero attached hydrogens (tertiary/aromatic N) is 2. The third-order valence-electron chi connectivity index (χ3n) is 11.8. The minimum Gasteiger partial charge on any atom is -0.311 e. The molecule has 2 nitrogen and oxygen atoms in total. The SMILES string of the molecule is c1ccc(-c2ccc(-c3ccc(N(c4ccccc4)c4ccc(-c5ccc(-n6c7ccccc7c7cc(-c8ccccc8)c8ccccc8c76)cc5)cc4)cc3)cc2)cc1. The van der Waals surface area contributed by atoms with E-state index in [0.717, 1.165) is 22.7 Å². The molecule has 0 fully saturated rings. The van der Waals surface area contributed by atoms with E-state index in [9.17, 15) is 0 Å². The Labute approximate surface area is 350 Å². The minimum absolute atomic E-state index is 1.11. The van der Waals surface area contributed by atoms with Gasteiger partial charge in [-0.25, -0.2) is 0 Å². The van der Waals surface area contributed by atoms with Crippen LogP contribution in [0.15, 0.2) is 243 Å². The highest BCUT2D eigenvalue weighted by molar-refractivity contribution is 6.22.